The number of unbranched alkanes of at least 4 members (excludes halogenated alkanes) is 1. The summed E-state index contributed by atoms with van der Waals surface area (Å²) in [6.45, 7) is 1.95. The van der Waals surface area contributed by atoms with E-state index in [4.69, 9.17) is 0 Å². The number of amides is 2. The van der Waals surface area contributed by atoms with Crippen molar-refractivity contribution >= 4 is 56.1 Å². The molecule has 8 nitrogen and oxygen atoms in total. The van der Waals surface area contributed by atoms with Gasteiger partial charge in [0.2, 0.25) is 0 Å². The Morgan fingerprint density at radius 1 is 0.935 bits per heavy atom. The minimum atomic E-state index is -0.999. The maximum absolute atomic E-state index is 12.5. The fourth-order valence-electron chi connectivity index (χ4n) is 2.53. The Kier molecular flexibility index (Phi) is 9.67. The second-order valence-corrected chi connectivity index (χ2v) is 8.40. The van der Waals surface area contributed by atoms with Crippen molar-refractivity contribution in [1.29, 1.82) is 0 Å². The van der Waals surface area contributed by atoms with E-state index in [0.717, 1.165) is 15.4 Å². The van der Waals surface area contributed by atoms with Gasteiger partial charge in [-0.05, 0) is 42.8 Å². The standard InChI is InChI=1S/C21H22Br2N4O4/c1-2-3-4-17(20(30)26-24-11-13-9-15(22)5-7-18(13)28)21(31)27-25-12-14-10-16(23)6-8-19(14)29/h5-12,17,28-29H,2-4H2,1H3,(H,26,30)(H,27,31)/b24-11+,25-12+. The van der Waals surface area contributed by atoms with E-state index in [1.807, 2.05) is 6.92 Å². The monoisotopic (exact) mass is 552 g/mol. The molecule has 2 amide bonds. The molecule has 2 aromatic carbocycles. The van der Waals surface area contributed by atoms with Crippen LogP contribution in [-0.4, -0.2) is 34.5 Å². The Bertz CT molecular complexity index is 920. The van der Waals surface area contributed by atoms with Crippen molar-refractivity contribution in [2.75, 3.05) is 0 Å². The third kappa shape index (κ3) is 7.80. The van der Waals surface area contributed by atoms with Crippen LogP contribution in [0, 0.1) is 5.92 Å². The van der Waals surface area contributed by atoms with Gasteiger partial charge in [0, 0.05) is 20.1 Å². The van der Waals surface area contributed by atoms with Crippen molar-refractivity contribution in [3.63, 3.8) is 0 Å². The second kappa shape index (κ2) is 12.2. The van der Waals surface area contributed by atoms with Crippen LogP contribution in [0.1, 0.15) is 37.3 Å². The number of nitrogens with one attached hydrogen (secondary N) is 2. The van der Waals surface area contributed by atoms with Crippen LogP contribution in [0.4, 0.5) is 0 Å². The van der Waals surface area contributed by atoms with Gasteiger partial charge >= 0.3 is 0 Å². The quantitative estimate of drug-likeness (QED) is 0.212. The van der Waals surface area contributed by atoms with E-state index in [2.05, 4.69) is 52.9 Å². The molecule has 4 N–H and O–H groups in total. The number of hydrazone groups is 2. The van der Waals surface area contributed by atoms with Gasteiger partial charge in [-0.15, -0.1) is 0 Å². The van der Waals surface area contributed by atoms with Crippen LogP contribution in [0.25, 0.3) is 0 Å². The number of rotatable bonds is 9. The van der Waals surface area contributed by atoms with Crippen LogP contribution < -0.4 is 10.9 Å². The largest absolute Gasteiger partial charge is 0.507 e. The minimum Gasteiger partial charge on any atom is -0.507 e. The average Bonchev–Trinajstić information content (AvgIpc) is 2.73. The van der Waals surface area contributed by atoms with Crippen molar-refractivity contribution < 1.29 is 19.8 Å². The molecular formula is C21H22Br2N4O4. The Hall–Kier alpha value is -2.72. The first kappa shape index (κ1) is 24.5. The molecule has 0 atom stereocenters. The summed E-state index contributed by atoms with van der Waals surface area (Å²) in [6, 6.07) is 9.60. The van der Waals surface area contributed by atoms with Gasteiger partial charge in [0.1, 0.15) is 17.4 Å². The lowest BCUT2D eigenvalue weighted by atomic mass is 10.0. The predicted octanol–water partition coefficient (Wildman–Crippen LogP) is 4.03. The van der Waals surface area contributed by atoms with Gasteiger partial charge in [-0.2, -0.15) is 10.2 Å². The summed E-state index contributed by atoms with van der Waals surface area (Å²) in [5.41, 5.74) is 5.49. The van der Waals surface area contributed by atoms with E-state index < -0.39 is 17.7 Å². The number of benzene rings is 2. The molecule has 0 bridgehead atoms. The molecule has 0 heterocycles. The Morgan fingerprint density at radius 3 is 1.81 bits per heavy atom. The van der Waals surface area contributed by atoms with E-state index in [0.29, 0.717) is 24.0 Å². The zero-order chi connectivity index (χ0) is 22.8. The molecule has 31 heavy (non-hydrogen) atoms. The molecule has 0 aliphatic carbocycles. The lowest BCUT2D eigenvalue weighted by Gasteiger charge is -2.13. The number of nitrogens with zero attached hydrogens (tertiary/aromatic N) is 2. The number of phenolic OH excluding ortho intramolecular Hbond substituents is 2. The topological polar surface area (TPSA) is 123 Å². The molecule has 0 aliphatic heterocycles. The molecule has 164 valence electrons. The fourth-order valence-corrected chi connectivity index (χ4v) is 3.29. The van der Waals surface area contributed by atoms with Crippen LogP contribution in [0.3, 0.4) is 0 Å². The first-order chi connectivity index (χ1) is 14.8. The van der Waals surface area contributed by atoms with E-state index in [9.17, 15) is 19.8 Å². The maximum atomic E-state index is 12.5. The van der Waals surface area contributed by atoms with Crippen LogP contribution in [0.5, 0.6) is 11.5 Å². The van der Waals surface area contributed by atoms with Gasteiger partial charge < -0.3 is 10.2 Å². The molecule has 0 unspecified atom stereocenters. The van der Waals surface area contributed by atoms with Crippen LogP contribution >= 0.6 is 31.9 Å². The fraction of sp³-hybridized carbons (Fsp3) is 0.238. The van der Waals surface area contributed by atoms with Crippen molar-refractivity contribution in [3.8, 4) is 11.5 Å². The van der Waals surface area contributed by atoms with Crippen molar-refractivity contribution in [2.24, 2.45) is 16.1 Å². The first-order valence-electron chi connectivity index (χ1n) is 9.44. The molecule has 2 rings (SSSR count). The molecule has 2 aromatic rings. The number of carbonyl (C=O) groups is 2. The lowest BCUT2D eigenvalue weighted by molar-refractivity contribution is -0.135. The molecule has 10 heteroatoms. The SMILES string of the molecule is CCCCC(C(=O)N/N=C/c1cc(Br)ccc1O)C(=O)N/N=C/c1cc(Br)ccc1O. The predicted molar refractivity (Wildman–Crippen MR) is 126 cm³/mol. The highest BCUT2D eigenvalue weighted by atomic mass is 79.9. The molecule has 0 saturated heterocycles. The zero-order valence-corrected chi connectivity index (χ0v) is 19.9. The Balaban J connectivity index is 2.03. The summed E-state index contributed by atoms with van der Waals surface area (Å²) in [5.74, 6) is -2.16. The smallest absolute Gasteiger partial charge is 0.252 e. The number of hydrogen-bond donors (Lipinski definition) is 4. The summed E-state index contributed by atoms with van der Waals surface area (Å²) in [7, 11) is 0. The van der Waals surface area contributed by atoms with Gasteiger partial charge in [-0.3, -0.25) is 9.59 Å². The van der Waals surface area contributed by atoms with Gasteiger partial charge in [-0.1, -0.05) is 51.6 Å². The molecule has 0 fully saturated rings. The highest BCUT2D eigenvalue weighted by Crippen LogP contribution is 2.21. The van der Waals surface area contributed by atoms with Crippen LogP contribution in [-0.2, 0) is 9.59 Å². The van der Waals surface area contributed by atoms with Gasteiger partial charge in [-0.25, -0.2) is 10.9 Å². The van der Waals surface area contributed by atoms with Crippen molar-refractivity contribution in [2.45, 2.75) is 26.2 Å². The van der Waals surface area contributed by atoms with Gasteiger partial charge in [0.05, 0.1) is 12.4 Å². The number of phenols is 2. The second-order valence-electron chi connectivity index (χ2n) is 6.57. The number of carbonyl (C=O) groups excluding carboxylic acids is 2. The molecule has 0 radical (unpaired) electrons. The Morgan fingerprint density at radius 2 is 1.39 bits per heavy atom. The van der Waals surface area contributed by atoms with Crippen LogP contribution in [0.15, 0.2) is 55.5 Å². The normalized spacial score (nSPS) is 11.4. The third-order valence-electron chi connectivity index (χ3n) is 4.22. The summed E-state index contributed by atoms with van der Waals surface area (Å²) in [4.78, 5) is 25.0. The Labute approximate surface area is 196 Å². The van der Waals surface area contributed by atoms with Crippen molar-refractivity contribution in [3.05, 3.63) is 56.5 Å². The van der Waals surface area contributed by atoms with E-state index in [1.54, 1.807) is 24.3 Å². The van der Waals surface area contributed by atoms with Crippen molar-refractivity contribution in [1.82, 2.24) is 10.9 Å². The highest BCUT2D eigenvalue weighted by Gasteiger charge is 2.25. The summed E-state index contributed by atoms with van der Waals surface area (Å²) < 4.78 is 1.49. The number of hydrogen-bond acceptors (Lipinski definition) is 6. The molecule has 0 saturated carbocycles. The zero-order valence-electron chi connectivity index (χ0n) is 16.7. The third-order valence-corrected chi connectivity index (χ3v) is 5.20. The maximum Gasteiger partial charge on any atom is 0.252 e. The number of aromatic hydroxyl groups is 2. The van der Waals surface area contributed by atoms with E-state index in [-0.39, 0.29) is 11.5 Å². The van der Waals surface area contributed by atoms with E-state index >= 15 is 0 Å². The summed E-state index contributed by atoms with van der Waals surface area (Å²) >= 11 is 6.58. The minimum absolute atomic E-state index is 0.00612. The number of halogens is 2. The van der Waals surface area contributed by atoms with Crippen LogP contribution in [0.2, 0.25) is 0 Å². The van der Waals surface area contributed by atoms with Gasteiger partial charge in [0.25, 0.3) is 11.8 Å². The summed E-state index contributed by atoms with van der Waals surface area (Å²) in [5, 5.41) is 27.3. The average molecular weight is 554 g/mol. The first-order valence-corrected chi connectivity index (χ1v) is 11.0. The highest BCUT2D eigenvalue weighted by molar-refractivity contribution is 9.10. The summed E-state index contributed by atoms with van der Waals surface area (Å²) in [6.07, 6.45) is 4.38. The van der Waals surface area contributed by atoms with E-state index in [1.165, 1.54) is 24.6 Å². The van der Waals surface area contributed by atoms with Gasteiger partial charge in [0.15, 0.2) is 0 Å². The molecule has 0 spiro atoms. The lowest BCUT2D eigenvalue weighted by Crippen LogP contribution is -2.38. The molecular weight excluding hydrogens is 532 g/mol. The molecule has 0 aliphatic rings. The molecule has 0 aromatic heterocycles.